The summed E-state index contributed by atoms with van der Waals surface area (Å²) in [7, 11) is 0. The van der Waals surface area contributed by atoms with Gasteiger partial charge in [0.2, 0.25) is 0 Å². The van der Waals surface area contributed by atoms with Crippen molar-refractivity contribution >= 4 is 0 Å². The lowest BCUT2D eigenvalue weighted by Gasteiger charge is -2.17. The van der Waals surface area contributed by atoms with Crippen LogP contribution in [0.25, 0.3) is 5.69 Å². The summed E-state index contributed by atoms with van der Waals surface area (Å²) < 4.78 is 1.85. The lowest BCUT2D eigenvalue weighted by Crippen LogP contribution is -2.31. The highest BCUT2D eigenvalue weighted by atomic mass is 15.3. The number of hydrazine groups is 1. The van der Waals surface area contributed by atoms with Crippen molar-refractivity contribution in [1.82, 2.24) is 25.2 Å². The molecule has 21 heavy (non-hydrogen) atoms. The molecule has 0 aliphatic rings. The highest BCUT2D eigenvalue weighted by molar-refractivity contribution is 5.35. The van der Waals surface area contributed by atoms with E-state index in [1.807, 2.05) is 54.1 Å². The molecule has 0 amide bonds. The number of benzene rings is 1. The maximum atomic E-state index is 5.74. The van der Waals surface area contributed by atoms with Gasteiger partial charge in [-0.05, 0) is 31.2 Å². The molecule has 1 aromatic carbocycles. The summed E-state index contributed by atoms with van der Waals surface area (Å²) in [4.78, 5) is 8.56. The standard InChI is InChI=1S/C15H16N6/c1-11-17-9-7-13(19-11)15(20-16)14-8-10-18-21(14)12-5-3-2-4-6-12/h2-10,15,20H,16H2,1H3. The van der Waals surface area contributed by atoms with Gasteiger partial charge in [-0.25, -0.2) is 20.1 Å². The average molecular weight is 280 g/mol. The number of aromatic nitrogens is 4. The summed E-state index contributed by atoms with van der Waals surface area (Å²) in [6.07, 6.45) is 3.48. The summed E-state index contributed by atoms with van der Waals surface area (Å²) in [5.74, 6) is 6.45. The Morgan fingerprint density at radius 3 is 2.62 bits per heavy atom. The predicted molar refractivity (Wildman–Crippen MR) is 79.5 cm³/mol. The van der Waals surface area contributed by atoms with E-state index >= 15 is 0 Å². The molecule has 106 valence electrons. The van der Waals surface area contributed by atoms with Crippen molar-refractivity contribution in [2.24, 2.45) is 5.84 Å². The molecule has 3 aromatic rings. The van der Waals surface area contributed by atoms with Crippen LogP contribution < -0.4 is 11.3 Å². The molecule has 0 spiro atoms. The molecule has 3 N–H and O–H groups in total. The van der Waals surface area contributed by atoms with Crippen molar-refractivity contribution in [3.05, 3.63) is 72.1 Å². The first kappa shape index (κ1) is 13.4. The number of nitrogens with one attached hydrogen (secondary N) is 1. The van der Waals surface area contributed by atoms with E-state index in [-0.39, 0.29) is 6.04 Å². The summed E-state index contributed by atoms with van der Waals surface area (Å²) in [6, 6.07) is 13.4. The molecular weight excluding hydrogens is 264 g/mol. The Labute approximate surface area is 122 Å². The van der Waals surface area contributed by atoms with Crippen molar-refractivity contribution < 1.29 is 0 Å². The van der Waals surface area contributed by atoms with Crippen LogP contribution in [-0.2, 0) is 0 Å². The van der Waals surface area contributed by atoms with Gasteiger partial charge in [-0.3, -0.25) is 5.84 Å². The maximum absolute atomic E-state index is 5.74. The second-order valence-electron chi connectivity index (χ2n) is 4.63. The molecule has 1 atom stereocenters. The van der Waals surface area contributed by atoms with Gasteiger partial charge in [-0.15, -0.1) is 0 Å². The molecule has 2 aromatic heterocycles. The van der Waals surface area contributed by atoms with E-state index in [1.54, 1.807) is 12.4 Å². The van der Waals surface area contributed by atoms with Crippen LogP contribution in [0.3, 0.4) is 0 Å². The van der Waals surface area contributed by atoms with Crippen LogP contribution in [0.4, 0.5) is 0 Å². The van der Waals surface area contributed by atoms with Gasteiger partial charge in [-0.2, -0.15) is 5.10 Å². The summed E-state index contributed by atoms with van der Waals surface area (Å²) in [5, 5.41) is 4.38. The molecule has 0 aliphatic carbocycles. The minimum atomic E-state index is -0.255. The smallest absolute Gasteiger partial charge is 0.125 e. The van der Waals surface area contributed by atoms with Gasteiger partial charge in [-0.1, -0.05) is 18.2 Å². The van der Waals surface area contributed by atoms with Crippen LogP contribution >= 0.6 is 0 Å². The highest BCUT2D eigenvalue weighted by Crippen LogP contribution is 2.21. The van der Waals surface area contributed by atoms with Gasteiger partial charge in [0, 0.05) is 12.4 Å². The molecule has 0 saturated heterocycles. The highest BCUT2D eigenvalue weighted by Gasteiger charge is 2.19. The number of aryl methyl sites for hydroxylation is 1. The Balaban J connectivity index is 2.05. The number of hydrogen-bond acceptors (Lipinski definition) is 5. The van der Waals surface area contributed by atoms with Crippen molar-refractivity contribution in [3.8, 4) is 5.69 Å². The molecule has 0 saturated carbocycles. The average Bonchev–Trinajstić information content (AvgIpc) is 2.98. The van der Waals surface area contributed by atoms with Crippen molar-refractivity contribution in [3.63, 3.8) is 0 Å². The zero-order chi connectivity index (χ0) is 14.7. The van der Waals surface area contributed by atoms with Crippen LogP contribution in [0.5, 0.6) is 0 Å². The van der Waals surface area contributed by atoms with E-state index in [2.05, 4.69) is 20.5 Å². The van der Waals surface area contributed by atoms with Crippen LogP contribution in [0.1, 0.15) is 23.3 Å². The number of rotatable bonds is 4. The lowest BCUT2D eigenvalue weighted by molar-refractivity contribution is 0.581. The van der Waals surface area contributed by atoms with Gasteiger partial charge in [0.15, 0.2) is 0 Å². The van der Waals surface area contributed by atoms with Gasteiger partial charge >= 0.3 is 0 Å². The Kier molecular flexibility index (Phi) is 3.72. The SMILES string of the molecule is Cc1nccc(C(NN)c2ccnn2-c2ccccc2)n1. The molecule has 0 aliphatic heterocycles. The second kappa shape index (κ2) is 5.82. The van der Waals surface area contributed by atoms with Gasteiger partial charge in [0.25, 0.3) is 0 Å². The fraction of sp³-hybridized carbons (Fsp3) is 0.133. The molecule has 1 unspecified atom stereocenters. The van der Waals surface area contributed by atoms with E-state index in [0.29, 0.717) is 5.82 Å². The minimum absolute atomic E-state index is 0.255. The molecule has 0 bridgehead atoms. The third-order valence-electron chi connectivity index (χ3n) is 3.23. The number of hydrogen-bond donors (Lipinski definition) is 2. The van der Waals surface area contributed by atoms with E-state index in [4.69, 9.17) is 5.84 Å². The molecule has 0 fully saturated rings. The van der Waals surface area contributed by atoms with E-state index < -0.39 is 0 Å². The van der Waals surface area contributed by atoms with E-state index in [0.717, 1.165) is 17.1 Å². The fourth-order valence-electron chi connectivity index (χ4n) is 2.27. The van der Waals surface area contributed by atoms with E-state index in [1.165, 1.54) is 0 Å². The summed E-state index contributed by atoms with van der Waals surface area (Å²) in [6.45, 7) is 1.85. The Bertz CT molecular complexity index is 722. The first-order chi connectivity index (χ1) is 10.3. The molecular formula is C15H16N6. The Hall–Kier alpha value is -2.57. The minimum Gasteiger partial charge on any atom is -0.270 e. The molecule has 6 heteroatoms. The third kappa shape index (κ3) is 2.67. The fourth-order valence-corrected chi connectivity index (χ4v) is 2.27. The summed E-state index contributed by atoms with van der Waals surface area (Å²) >= 11 is 0. The van der Waals surface area contributed by atoms with Crippen molar-refractivity contribution in [2.75, 3.05) is 0 Å². The largest absolute Gasteiger partial charge is 0.270 e. The molecule has 6 nitrogen and oxygen atoms in total. The van der Waals surface area contributed by atoms with Crippen LogP contribution in [0.2, 0.25) is 0 Å². The third-order valence-corrected chi connectivity index (χ3v) is 3.23. The quantitative estimate of drug-likeness (QED) is 0.559. The Morgan fingerprint density at radius 1 is 1.10 bits per heavy atom. The monoisotopic (exact) mass is 280 g/mol. The first-order valence-electron chi connectivity index (χ1n) is 6.64. The van der Waals surface area contributed by atoms with Gasteiger partial charge in [0.05, 0.1) is 17.1 Å². The Morgan fingerprint density at radius 2 is 1.90 bits per heavy atom. The predicted octanol–water partition coefficient (Wildman–Crippen LogP) is 1.52. The van der Waals surface area contributed by atoms with Crippen LogP contribution in [0, 0.1) is 6.92 Å². The second-order valence-corrected chi connectivity index (χ2v) is 4.63. The maximum Gasteiger partial charge on any atom is 0.125 e. The summed E-state index contributed by atoms with van der Waals surface area (Å²) in [5.41, 5.74) is 5.51. The number of para-hydroxylation sites is 1. The van der Waals surface area contributed by atoms with Gasteiger partial charge in [0.1, 0.15) is 11.9 Å². The topological polar surface area (TPSA) is 81.6 Å². The van der Waals surface area contributed by atoms with Crippen LogP contribution in [-0.4, -0.2) is 19.7 Å². The van der Waals surface area contributed by atoms with Gasteiger partial charge < -0.3 is 0 Å². The zero-order valence-electron chi connectivity index (χ0n) is 11.6. The number of nitrogens with two attached hydrogens (primary N) is 1. The van der Waals surface area contributed by atoms with Crippen molar-refractivity contribution in [2.45, 2.75) is 13.0 Å². The molecule has 0 radical (unpaired) electrons. The molecule has 2 heterocycles. The van der Waals surface area contributed by atoms with Crippen LogP contribution in [0.15, 0.2) is 54.9 Å². The number of nitrogens with zero attached hydrogens (tertiary/aromatic N) is 4. The van der Waals surface area contributed by atoms with E-state index in [9.17, 15) is 0 Å². The zero-order valence-corrected chi connectivity index (χ0v) is 11.6. The first-order valence-corrected chi connectivity index (χ1v) is 6.64. The van der Waals surface area contributed by atoms with Crippen molar-refractivity contribution in [1.29, 1.82) is 0 Å². The normalized spacial score (nSPS) is 12.3. The molecule has 3 rings (SSSR count). The lowest BCUT2D eigenvalue weighted by atomic mass is 10.1.